The molecule has 0 N–H and O–H groups in total. The van der Waals surface area contributed by atoms with E-state index in [0.717, 1.165) is 17.3 Å². The molecule has 3 nitrogen and oxygen atoms in total. The summed E-state index contributed by atoms with van der Waals surface area (Å²) in [6.07, 6.45) is 0.872. The highest BCUT2D eigenvalue weighted by Crippen LogP contribution is 2.19. The second-order valence-corrected chi connectivity index (χ2v) is 3.67. The molecular weight excluding hydrogens is 211 g/mol. The van der Waals surface area contributed by atoms with E-state index in [0.29, 0.717) is 12.2 Å². The average Bonchev–Trinajstić information content (AvgIpc) is 2.25. The fraction of sp³-hybridized carbons (Fsp3) is 0.182. The highest BCUT2D eigenvalue weighted by atomic mass is 31.0. The molecule has 0 aliphatic carbocycles. The second-order valence-electron chi connectivity index (χ2n) is 3.09. The molecule has 4 heteroatoms. The summed E-state index contributed by atoms with van der Waals surface area (Å²) in [5, 5.41) is 0.896. The summed E-state index contributed by atoms with van der Waals surface area (Å²) in [5.74, 6) is 0.722. The molecule has 0 radical (unpaired) electrons. The number of hydrogen-bond donors (Lipinski definition) is 0. The quantitative estimate of drug-likeness (QED) is 0.589. The smallest absolute Gasteiger partial charge is 0.336 e. The van der Waals surface area contributed by atoms with Crippen molar-refractivity contribution in [1.29, 1.82) is 0 Å². The normalized spacial score (nSPS) is 10.5. The molecule has 1 heterocycles. The number of ether oxygens (including phenoxy) is 1. The molecule has 15 heavy (non-hydrogen) atoms. The molecule has 0 bridgehead atoms. The Morgan fingerprint density at radius 3 is 2.87 bits per heavy atom. The van der Waals surface area contributed by atoms with Crippen LogP contribution in [0, 0.1) is 0 Å². The maximum absolute atomic E-state index is 11.0. The van der Waals surface area contributed by atoms with Gasteiger partial charge in [0, 0.05) is 17.5 Å². The highest BCUT2D eigenvalue weighted by Gasteiger charge is 1.99. The number of fused-ring (bicyclic) bond motifs is 1. The van der Waals surface area contributed by atoms with Crippen molar-refractivity contribution < 1.29 is 9.15 Å². The van der Waals surface area contributed by atoms with Crippen LogP contribution in [0.25, 0.3) is 11.0 Å². The van der Waals surface area contributed by atoms with Crippen molar-refractivity contribution in [3.8, 4) is 5.75 Å². The third-order valence-corrected chi connectivity index (χ3v) is 2.22. The molecule has 0 saturated carbocycles. The van der Waals surface area contributed by atoms with Crippen LogP contribution in [0.1, 0.15) is 0 Å². The molecule has 0 amide bonds. The van der Waals surface area contributed by atoms with Gasteiger partial charge in [-0.1, -0.05) is 0 Å². The zero-order valence-corrected chi connectivity index (χ0v) is 9.26. The molecule has 0 aliphatic rings. The van der Waals surface area contributed by atoms with Crippen LogP contribution in [0.15, 0.2) is 39.5 Å². The Bertz CT molecular complexity index is 518. The van der Waals surface area contributed by atoms with Gasteiger partial charge in [0.05, 0.1) is 6.61 Å². The van der Waals surface area contributed by atoms with E-state index in [1.54, 1.807) is 12.1 Å². The topological polar surface area (TPSA) is 39.4 Å². The van der Waals surface area contributed by atoms with Crippen molar-refractivity contribution in [3.63, 3.8) is 0 Å². The van der Waals surface area contributed by atoms with E-state index in [-0.39, 0.29) is 5.63 Å². The lowest BCUT2D eigenvalue weighted by Crippen LogP contribution is -1.98. The molecule has 2 aromatic rings. The van der Waals surface area contributed by atoms with Crippen LogP contribution in [0.4, 0.5) is 0 Å². The minimum absolute atomic E-state index is 0.342. The molecule has 1 aromatic heterocycles. The lowest BCUT2D eigenvalue weighted by Gasteiger charge is -2.04. The zero-order chi connectivity index (χ0) is 10.7. The van der Waals surface area contributed by atoms with Gasteiger partial charge in [-0.25, -0.2) is 4.79 Å². The van der Waals surface area contributed by atoms with Crippen LogP contribution in [-0.4, -0.2) is 12.8 Å². The van der Waals surface area contributed by atoms with Gasteiger partial charge in [-0.2, -0.15) is 0 Å². The minimum Gasteiger partial charge on any atom is -0.493 e. The number of hydrogen-bond acceptors (Lipinski definition) is 3. The summed E-state index contributed by atoms with van der Waals surface area (Å²) in [6, 6.07) is 8.61. The zero-order valence-electron chi connectivity index (χ0n) is 8.10. The van der Waals surface area contributed by atoms with Crippen molar-refractivity contribution in [3.05, 3.63) is 40.8 Å². The van der Waals surface area contributed by atoms with Gasteiger partial charge in [-0.15, -0.1) is 9.24 Å². The summed E-state index contributed by atoms with van der Waals surface area (Å²) in [4.78, 5) is 11.0. The third-order valence-electron chi connectivity index (χ3n) is 1.98. The molecule has 0 aliphatic heterocycles. The van der Waals surface area contributed by atoms with Gasteiger partial charge in [0.25, 0.3) is 0 Å². The van der Waals surface area contributed by atoms with E-state index < -0.39 is 0 Å². The van der Waals surface area contributed by atoms with Crippen LogP contribution in [0.2, 0.25) is 0 Å². The van der Waals surface area contributed by atoms with Crippen LogP contribution in [0.5, 0.6) is 5.75 Å². The first-order chi connectivity index (χ1) is 7.29. The minimum atomic E-state index is -0.342. The van der Waals surface area contributed by atoms with E-state index in [1.807, 2.05) is 12.1 Å². The highest BCUT2D eigenvalue weighted by molar-refractivity contribution is 7.16. The lowest BCUT2D eigenvalue weighted by molar-refractivity contribution is 0.343. The van der Waals surface area contributed by atoms with Crippen molar-refractivity contribution in [2.45, 2.75) is 0 Å². The molecule has 0 spiro atoms. The van der Waals surface area contributed by atoms with E-state index in [1.165, 1.54) is 6.07 Å². The summed E-state index contributed by atoms with van der Waals surface area (Å²) < 4.78 is 10.5. The van der Waals surface area contributed by atoms with E-state index >= 15 is 0 Å². The molecule has 1 unspecified atom stereocenters. The van der Waals surface area contributed by atoms with Crippen LogP contribution >= 0.6 is 9.24 Å². The van der Waals surface area contributed by atoms with Gasteiger partial charge >= 0.3 is 5.63 Å². The van der Waals surface area contributed by atoms with Crippen molar-refractivity contribution in [2.75, 3.05) is 12.8 Å². The first-order valence-corrected chi connectivity index (χ1v) is 5.48. The van der Waals surface area contributed by atoms with Gasteiger partial charge in [0.2, 0.25) is 0 Å². The van der Waals surface area contributed by atoms with E-state index in [9.17, 15) is 4.79 Å². The molecule has 0 saturated heterocycles. The van der Waals surface area contributed by atoms with Crippen molar-refractivity contribution in [2.24, 2.45) is 0 Å². The molecule has 78 valence electrons. The molecule has 2 rings (SSSR count). The van der Waals surface area contributed by atoms with Crippen LogP contribution in [0.3, 0.4) is 0 Å². The van der Waals surface area contributed by atoms with Gasteiger partial charge in [0.1, 0.15) is 11.3 Å². The van der Waals surface area contributed by atoms with Gasteiger partial charge in [0.15, 0.2) is 0 Å². The predicted molar refractivity (Wildman–Crippen MR) is 62.6 cm³/mol. The summed E-state index contributed by atoms with van der Waals surface area (Å²) in [5.41, 5.74) is 0.217. The molecule has 1 aromatic carbocycles. The van der Waals surface area contributed by atoms with E-state index in [2.05, 4.69) is 9.24 Å². The Hall–Kier alpha value is -1.34. The van der Waals surface area contributed by atoms with E-state index in [4.69, 9.17) is 9.15 Å². The summed E-state index contributed by atoms with van der Waals surface area (Å²) in [6.45, 7) is 0.632. The monoisotopic (exact) mass is 222 g/mol. The molecule has 1 atom stereocenters. The maximum atomic E-state index is 11.0. The van der Waals surface area contributed by atoms with Crippen LogP contribution in [-0.2, 0) is 0 Å². The second kappa shape index (κ2) is 4.45. The fourth-order valence-corrected chi connectivity index (χ4v) is 1.43. The van der Waals surface area contributed by atoms with Gasteiger partial charge < -0.3 is 9.15 Å². The Morgan fingerprint density at radius 1 is 1.27 bits per heavy atom. The van der Waals surface area contributed by atoms with Crippen LogP contribution < -0.4 is 10.4 Å². The largest absolute Gasteiger partial charge is 0.493 e. The standard InChI is InChI=1S/C11H11O3P/c12-11-4-2-8-1-3-9(13-5-6-15)7-10(8)14-11/h1-4,7H,5-6,15H2. The van der Waals surface area contributed by atoms with Crippen molar-refractivity contribution >= 4 is 20.2 Å². The first kappa shape index (κ1) is 10.2. The number of benzene rings is 1. The first-order valence-electron chi connectivity index (χ1n) is 4.66. The SMILES string of the molecule is O=c1ccc2ccc(OCCP)cc2o1. The fourth-order valence-electron chi connectivity index (χ4n) is 1.31. The molecule has 0 fully saturated rings. The summed E-state index contributed by atoms with van der Waals surface area (Å²) >= 11 is 0. The maximum Gasteiger partial charge on any atom is 0.336 e. The average molecular weight is 222 g/mol. The van der Waals surface area contributed by atoms with Gasteiger partial charge in [-0.05, 0) is 24.4 Å². The molecular formula is C11H11O3P. The Morgan fingerprint density at radius 2 is 2.07 bits per heavy atom. The Labute approximate surface area is 89.3 Å². The van der Waals surface area contributed by atoms with Gasteiger partial charge in [-0.3, -0.25) is 0 Å². The Kier molecular flexibility index (Phi) is 3.02. The lowest BCUT2D eigenvalue weighted by atomic mass is 10.2. The summed E-state index contributed by atoms with van der Waals surface area (Å²) in [7, 11) is 2.59. The Balaban J connectivity index is 2.40. The third kappa shape index (κ3) is 2.37. The predicted octanol–water partition coefficient (Wildman–Crippen LogP) is 2.05. The number of rotatable bonds is 3. The van der Waals surface area contributed by atoms with Crippen molar-refractivity contribution in [1.82, 2.24) is 0 Å².